The molecule has 0 heterocycles. The van der Waals surface area contributed by atoms with Gasteiger partial charge in [-0.1, -0.05) is 148 Å². The lowest BCUT2D eigenvalue weighted by molar-refractivity contribution is 0.668. The van der Waals surface area contributed by atoms with E-state index in [2.05, 4.69) is 175 Å². The fraction of sp³-hybridized carbons (Fsp3) is 0.255. The zero-order valence-electron chi connectivity index (χ0n) is 31.5. The second kappa shape index (κ2) is 20.0. The molecule has 0 radical (unpaired) electrons. The lowest BCUT2D eigenvalue weighted by atomic mass is 9.79. The summed E-state index contributed by atoms with van der Waals surface area (Å²) in [5.41, 5.74) is 15.1. The minimum atomic E-state index is 0.357. The Kier molecular flexibility index (Phi) is 15.3. The summed E-state index contributed by atoms with van der Waals surface area (Å²) >= 11 is 0. The Morgan fingerprint density at radius 1 is 0.922 bits per heavy atom. The topological polar surface area (TPSA) is 0 Å². The number of allylic oxidation sites excluding steroid dienone is 27. The molecule has 0 amide bonds. The van der Waals surface area contributed by atoms with Crippen LogP contribution >= 0.6 is 0 Å². The molecule has 51 heavy (non-hydrogen) atoms. The largest absolute Gasteiger partial charge is 0.106 e. The molecule has 1 aromatic carbocycles. The van der Waals surface area contributed by atoms with Crippen LogP contribution < -0.4 is 0 Å². The Hall–Kier alpha value is -4.94. The van der Waals surface area contributed by atoms with Crippen molar-refractivity contribution in [3.63, 3.8) is 0 Å². The highest BCUT2D eigenvalue weighted by Gasteiger charge is 2.21. The van der Waals surface area contributed by atoms with Gasteiger partial charge in [-0.3, -0.25) is 0 Å². The first-order chi connectivity index (χ1) is 24.9. The first-order valence-corrected chi connectivity index (χ1v) is 18.7. The molecule has 262 valence electrons. The van der Waals surface area contributed by atoms with Crippen LogP contribution in [0.15, 0.2) is 205 Å². The Morgan fingerprint density at radius 3 is 2.41 bits per heavy atom. The van der Waals surface area contributed by atoms with Crippen molar-refractivity contribution in [3.05, 3.63) is 216 Å². The molecule has 0 saturated heterocycles. The van der Waals surface area contributed by atoms with Crippen molar-refractivity contribution >= 4 is 11.1 Å². The van der Waals surface area contributed by atoms with Crippen molar-refractivity contribution in [3.8, 4) is 0 Å². The van der Waals surface area contributed by atoms with Crippen LogP contribution in [0, 0.1) is 11.8 Å². The van der Waals surface area contributed by atoms with Gasteiger partial charge in [0, 0.05) is 5.92 Å². The van der Waals surface area contributed by atoms with E-state index in [0.717, 1.165) is 73.6 Å². The molecule has 0 nitrogen and oxygen atoms in total. The number of benzene rings is 1. The molecule has 0 aromatic heterocycles. The summed E-state index contributed by atoms with van der Waals surface area (Å²) in [6.45, 7) is 26.2. The Balaban J connectivity index is 0.00000286. The van der Waals surface area contributed by atoms with Crippen LogP contribution in [0.3, 0.4) is 0 Å². The standard InChI is InChI=1S/C49H54.C2H4/c1-7-21-47(39(6)44-28-20-29-45(35-44)42-24-14-10-15-25-42)36(3)33-46(43-26-16-11-17-27-43)34-38(5)49-31-19-18-30-48(49)37(4)32-40(8-2)41-22-12-9-13-23-41;1-2/h7-9,11-14,16,19-22,24-26,28-29,31-33,35,38,41H,1,3,6,10,15,17-18,23,27,30,34H2,2,4-5H3;1-2H2/b37-32+,40-8+,46-33+,47-21-;/t38-,41?;/m1./s1. The van der Waals surface area contributed by atoms with Crippen molar-refractivity contribution in [2.24, 2.45) is 11.8 Å². The van der Waals surface area contributed by atoms with Crippen molar-refractivity contribution in [2.75, 3.05) is 0 Å². The zero-order chi connectivity index (χ0) is 36.6. The fourth-order valence-electron chi connectivity index (χ4n) is 7.41. The highest BCUT2D eigenvalue weighted by Crippen LogP contribution is 2.38. The number of hydrogen-bond donors (Lipinski definition) is 0. The van der Waals surface area contributed by atoms with Crippen LogP contribution in [0.5, 0.6) is 0 Å². The third-order valence-electron chi connectivity index (χ3n) is 10.1. The molecule has 1 aromatic rings. The predicted molar refractivity (Wildman–Crippen MR) is 228 cm³/mol. The molecule has 2 atom stereocenters. The van der Waals surface area contributed by atoms with Gasteiger partial charge in [0.15, 0.2) is 0 Å². The van der Waals surface area contributed by atoms with E-state index in [9.17, 15) is 0 Å². The van der Waals surface area contributed by atoms with Gasteiger partial charge in [0.2, 0.25) is 0 Å². The molecular formula is C51H58. The summed E-state index contributed by atoms with van der Waals surface area (Å²) in [4.78, 5) is 0. The molecule has 0 bridgehead atoms. The van der Waals surface area contributed by atoms with Crippen molar-refractivity contribution < 1.29 is 0 Å². The van der Waals surface area contributed by atoms with Gasteiger partial charge < -0.3 is 0 Å². The quantitative estimate of drug-likeness (QED) is 0.145. The van der Waals surface area contributed by atoms with E-state index in [1.54, 1.807) is 0 Å². The molecule has 5 rings (SSSR count). The van der Waals surface area contributed by atoms with Crippen LogP contribution in [-0.2, 0) is 0 Å². The molecule has 4 aliphatic rings. The van der Waals surface area contributed by atoms with Crippen molar-refractivity contribution in [2.45, 2.75) is 72.1 Å². The number of hydrogen-bond acceptors (Lipinski definition) is 0. The molecule has 0 aliphatic heterocycles. The van der Waals surface area contributed by atoms with Crippen molar-refractivity contribution in [1.29, 1.82) is 0 Å². The second-order valence-corrected chi connectivity index (χ2v) is 13.6. The number of rotatable bonds is 13. The minimum absolute atomic E-state index is 0.357. The fourth-order valence-corrected chi connectivity index (χ4v) is 7.41. The zero-order valence-corrected chi connectivity index (χ0v) is 31.5. The molecule has 0 saturated carbocycles. The molecule has 0 fully saturated rings. The Morgan fingerprint density at radius 2 is 1.73 bits per heavy atom. The van der Waals surface area contributed by atoms with Gasteiger partial charge in [-0.15, -0.1) is 13.2 Å². The van der Waals surface area contributed by atoms with E-state index < -0.39 is 0 Å². The highest BCUT2D eigenvalue weighted by molar-refractivity contribution is 5.86. The lowest BCUT2D eigenvalue weighted by Gasteiger charge is -2.25. The average molecular weight is 671 g/mol. The average Bonchev–Trinajstić information content (AvgIpc) is 3.20. The summed E-state index contributed by atoms with van der Waals surface area (Å²) in [5.74, 6) is 0.810. The smallest absolute Gasteiger partial charge is 0.00525 e. The first-order valence-electron chi connectivity index (χ1n) is 18.7. The monoisotopic (exact) mass is 670 g/mol. The van der Waals surface area contributed by atoms with Gasteiger partial charge in [-0.05, 0) is 144 Å². The van der Waals surface area contributed by atoms with Gasteiger partial charge in [-0.2, -0.15) is 0 Å². The summed E-state index contributed by atoms with van der Waals surface area (Å²) in [6, 6.07) is 8.74. The second-order valence-electron chi connectivity index (χ2n) is 13.6. The van der Waals surface area contributed by atoms with E-state index in [1.807, 2.05) is 6.08 Å². The van der Waals surface area contributed by atoms with Crippen LogP contribution in [0.1, 0.15) is 83.3 Å². The van der Waals surface area contributed by atoms with Gasteiger partial charge in [0.25, 0.3) is 0 Å². The van der Waals surface area contributed by atoms with E-state index in [1.165, 1.54) is 44.6 Å². The SMILES string of the molecule is C=C.C=C/C=C(/C(=C)/C=C(\C[C@@H](C)C1=C(/C(C)=C/C(=C\C)C2C=CC=CC2)CCC=C1)C1=CC=CCC1)C(=C)c1cccc(C2=CCCC=C2)c1. The van der Waals surface area contributed by atoms with E-state index >= 15 is 0 Å². The maximum Gasteiger partial charge on any atom is 0.00525 e. The van der Waals surface area contributed by atoms with E-state index in [4.69, 9.17) is 0 Å². The minimum Gasteiger partial charge on any atom is -0.106 e. The third kappa shape index (κ3) is 10.5. The van der Waals surface area contributed by atoms with Gasteiger partial charge in [0.05, 0.1) is 0 Å². The van der Waals surface area contributed by atoms with Crippen molar-refractivity contribution in [1.82, 2.24) is 0 Å². The summed E-state index contributed by atoms with van der Waals surface area (Å²) in [7, 11) is 0. The van der Waals surface area contributed by atoms with Gasteiger partial charge >= 0.3 is 0 Å². The summed E-state index contributed by atoms with van der Waals surface area (Å²) < 4.78 is 0. The molecule has 0 spiro atoms. The Labute approximate surface area is 310 Å². The molecular weight excluding hydrogens is 613 g/mol. The maximum absolute atomic E-state index is 4.64. The van der Waals surface area contributed by atoms with Crippen LogP contribution in [0.2, 0.25) is 0 Å². The first kappa shape index (κ1) is 38.9. The van der Waals surface area contributed by atoms with Gasteiger partial charge in [0.1, 0.15) is 0 Å². The maximum atomic E-state index is 4.64. The summed E-state index contributed by atoms with van der Waals surface area (Å²) in [5, 5.41) is 0. The molecule has 0 heteroatoms. The predicted octanol–water partition coefficient (Wildman–Crippen LogP) is 14.8. The molecule has 4 aliphatic carbocycles. The molecule has 0 N–H and O–H groups in total. The highest BCUT2D eigenvalue weighted by atomic mass is 14.3. The Bertz CT molecular complexity index is 1830. The third-order valence-corrected chi connectivity index (χ3v) is 10.1. The molecule has 1 unspecified atom stereocenters. The van der Waals surface area contributed by atoms with Gasteiger partial charge in [-0.25, -0.2) is 0 Å². The normalized spacial score (nSPS) is 19.9. The van der Waals surface area contributed by atoms with Crippen LogP contribution in [0.4, 0.5) is 0 Å². The summed E-state index contributed by atoms with van der Waals surface area (Å²) in [6.07, 6.45) is 46.8. The van der Waals surface area contributed by atoms with E-state index in [0.29, 0.717) is 11.8 Å². The van der Waals surface area contributed by atoms with Crippen LogP contribution in [0.25, 0.3) is 11.1 Å². The lowest BCUT2D eigenvalue weighted by Crippen LogP contribution is -2.09. The van der Waals surface area contributed by atoms with E-state index in [-0.39, 0.29) is 0 Å². The van der Waals surface area contributed by atoms with Crippen LogP contribution in [-0.4, -0.2) is 0 Å².